The van der Waals surface area contributed by atoms with Crippen LogP contribution in [-0.4, -0.2) is 17.4 Å². The van der Waals surface area contributed by atoms with Crippen molar-refractivity contribution >= 4 is 5.91 Å². The highest BCUT2D eigenvalue weighted by atomic mass is 16.3. The smallest absolute Gasteiger partial charge is 0.273 e. The molecule has 5 heteroatoms. The quantitative estimate of drug-likeness (QED) is 0.766. The third kappa shape index (κ3) is 4.43. The van der Waals surface area contributed by atoms with E-state index in [0.29, 0.717) is 12.4 Å². The van der Waals surface area contributed by atoms with Gasteiger partial charge in [-0.2, -0.15) is 0 Å². The predicted molar refractivity (Wildman–Crippen MR) is 80.8 cm³/mol. The molecule has 0 aliphatic rings. The van der Waals surface area contributed by atoms with Gasteiger partial charge in [0.15, 0.2) is 5.69 Å². The maximum absolute atomic E-state index is 11.9. The van der Waals surface area contributed by atoms with E-state index in [-0.39, 0.29) is 17.6 Å². The second-order valence-corrected chi connectivity index (χ2v) is 4.93. The van der Waals surface area contributed by atoms with Crippen LogP contribution in [0.2, 0.25) is 0 Å². The number of hydrogen-bond donors (Lipinski definition) is 2. The molecule has 0 spiro atoms. The van der Waals surface area contributed by atoms with Gasteiger partial charge in [0.2, 0.25) is 5.89 Å². The second kappa shape index (κ2) is 7.59. The van der Waals surface area contributed by atoms with Crippen LogP contribution in [0.15, 0.2) is 41.0 Å². The number of oxazole rings is 1. The molecule has 0 aliphatic heterocycles. The molecule has 1 unspecified atom stereocenters. The van der Waals surface area contributed by atoms with E-state index in [0.717, 1.165) is 19.3 Å². The average Bonchev–Trinajstić information content (AvgIpc) is 3.01. The topological polar surface area (TPSA) is 81.1 Å². The molecule has 1 atom stereocenters. The number of amides is 1. The summed E-state index contributed by atoms with van der Waals surface area (Å²) in [5.74, 6) is 0.188. The van der Waals surface area contributed by atoms with Crippen LogP contribution in [0.25, 0.3) is 0 Å². The SMILES string of the molecule is CCC(N)c1nc(C(=O)NCCCc2ccccc2)co1. The van der Waals surface area contributed by atoms with Crippen molar-refractivity contribution < 1.29 is 9.21 Å². The van der Waals surface area contributed by atoms with E-state index >= 15 is 0 Å². The van der Waals surface area contributed by atoms with Crippen molar-refractivity contribution in [2.24, 2.45) is 5.73 Å². The van der Waals surface area contributed by atoms with E-state index in [2.05, 4.69) is 22.4 Å². The van der Waals surface area contributed by atoms with Gasteiger partial charge in [-0.1, -0.05) is 37.3 Å². The molecule has 0 saturated heterocycles. The monoisotopic (exact) mass is 287 g/mol. The molecular formula is C16H21N3O2. The molecule has 0 fully saturated rings. The first-order valence-electron chi connectivity index (χ1n) is 7.23. The zero-order valence-electron chi connectivity index (χ0n) is 12.2. The van der Waals surface area contributed by atoms with Crippen LogP contribution in [0.5, 0.6) is 0 Å². The van der Waals surface area contributed by atoms with Crippen LogP contribution in [-0.2, 0) is 6.42 Å². The van der Waals surface area contributed by atoms with E-state index in [4.69, 9.17) is 10.2 Å². The fraction of sp³-hybridized carbons (Fsp3) is 0.375. The largest absolute Gasteiger partial charge is 0.446 e. The van der Waals surface area contributed by atoms with Crippen LogP contribution < -0.4 is 11.1 Å². The van der Waals surface area contributed by atoms with Crippen LogP contribution in [0, 0.1) is 0 Å². The van der Waals surface area contributed by atoms with Crippen LogP contribution >= 0.6 is 0 Å². The van der Waals surface area contributed by atoms with Gasteiger partial charge >= 0.3 is 0 Å². The Bertz CT molecular complexity index is 566. The molecule has 1 heterocycles. The number of rotatable bonds is 7. The molecule has 112 valence electrons. The number of benzene rings is 1. The van der Waals surface area contributed by atoms with Gasteiger partial charge < -0.3 is 15.5 Å². The molecular weight excluding hydrogens is 266 g/mol. The second-order valence-electron chi connectivity index (χ2n) is 4.93. The molecule has 1 aromatic heterocycles. The summed E-state index contributed by atoms with van der Waals surface area (Å²) in [4.78, 5) is 16.0. The van der Waals surface area contributed by atoms with Crippen LogP contribution in [0.1, 0.15) is 47.7 Å². The molecule has 1 aromatic carbocycles. The van der Waals surface area contributed by atoms with Gasteiger partial charge in [-0.15, -0.1) is 0 Å². The molecule has 3 N–H and O–H groups in total. The van der Waals surface area contributed by atoms with Crippen molar-refractivity contribution in [3.8, 4) is 0 Å². The van der Waals surface area contributed by atoms with E-state index in [1.54, 1.807) is 0 Å². The molecule has 0 aliphatic carbocycles. The average molecular weight is 287 g/mol. The van der Waals surface area contributed by atoms with Crippen molar-refractivity contribution in [3.05, 3.63) is 53.7 Å². The maximum Gasteiger partial charge on any atom is 0.273 e. The first-order chi connectivity index (χ1) is 10.2. The minimum Gasteiger partial charge on any atom is -0.446 e. The lowest BCUT2D eigenvalue weighted by molar-refractivity contribution is 0.0948. The lowest BCUT2D eigenvalue weighted by atomic mass is 10.1. The number of carbonyl (C=O) groups is 1. The van der Waals surface area contributed by atoms with Crippen molar-refractivity contribution in [3.63, 3.8) is 0 Å². The summed E-state index contributed by atoms with van der Waals surface area (Å²) in [7, 11) is 0. The standard InChI is InChI=1S/C16H21N3O2/c1-2-13(17)16-19-14(11-21-16)15(20)18-10-6-9-12-7-4-3-5-8-12/h3-5,7-8,11,13H,2,6,9-10,17H2,1H3,(H,18,20). The van der Waals surface area contributed by atoms with Crippen LogP contribution in [0.4, 0.5) is 0 Å². The third-order valence-electron chi connectivity index (χ3n) is 3.28. The Balaban J connectivity index is 1.75. The minimum atomic E-state index is -0.260. The zero-order valence-corrected chi connectivity index (χ0v) is 12.2. The van der Waals surface area contributed by atoms with Crippen LogP contribution in [0.3, 0.4) is 0 Å². The fourth-order valence-corrected chi connectivity index (χ4v) is 1.97. The fourth-order valence-electron chi connectivity index (χ4n) is 1.97. The predicted octanol–water partition coefficient (Wildman–Crippen LogP) is 2.45. The number of carbonyl (C=O) groups excluding carboxylic acids is 1. The number of aromatic nitrogens is 1. The Morgan fingerprint density at radius 2 is 2.14 bits per heavy atom. The summed E-state index contributed by atoms with van der Waals surface area (Å²) in [6, 6.07) is 9.93. The number of nitrogens with one attached hydrogen (secondary N) is 1. The molecule has 0 radical (unpaired) electrons. The molecule has 21 heavy (non-hydrogen) atoms. The highest BCUT2D eigenvalue weighted by molar-refractivity contribution is 5.91. The molecule has 1 amide bonds. The summed E-state index contributed by atoms with van der Waals surface area (Å²) in [5.41, 5.74) is 7.36. The Morgan fingerprint density at radius 1 is 1.38 bits per heavy atom. The summed E-state index contributed by atoms with van der Waals surface area (Å²) in [6.45, 7) is 2.55. The number of aryl methyl sites for hydroxylation is 1. The Labute approximate surface area is 124 Å². The molecule has 5 nitrogen and oxygen atoms in total. The summed E-state index contributed by atoms with van der Waals surface area (Å²) in [5, 5.41) is 2.84. The zero-order chi connectivity index (χ0) is 15.1. The third-order valence-corrected chi connectivity index (χ3v) is 3.28. The highest BCUT2D eigenvalue weighted by Crippen LogP contribution is 2.12. The summed E-state index contributed by atoms with van der Waals surface area (Å²) >= 11 is 0. The van der Waals surface area contributed by atoms with Crippen molar-refractivity contribution in [1.82, 2.24) is 10.3 Å². The first kappa shape index (κ1) is 15.3. The van der Waals surface area contributed by atoms with Gasteiger partial charge in [0.25, 0.3) is 5.91 Å². The Morgan fingerprint density at radius 3 is 2.86 bits per heavy atom. The molecule has 2 aromatic rings. The Hall–Kier alpha value is -2.14. The summed E-state index contributed by atoms with van der Waals surface area (Å²) < 4.78 is 5.22. The normalized spacial score (nSPS) is 12.1. The number of nitrogens with two attached hydrogens (primary N) is 1. The van der Waals surface area contributed by atoms with Gasteiger partial charge in [-0.25, -0.2) is 4.98 Å². The van der Waals surface area contributed by atoms with Gasteiger partial charge in [-0.05, 0) is 24.8 Å². The number of nitrogens with zero attached hydrogens (tertiary/aromatic N) is 1. The first-order valence-corrected chi connectivity index (χ1v) is 7.23. The highest BCUT2D eigenvalue weighted by Gasteiger charge is 2.15. The molecule has 0 saturated carbocycles. The van der Waals surface area contributed by atoms with Gasteiger partial charge in [0, 0.05) is 6.54 Å². The van der Waals surface area contributed by atoms with E-state index in [1.165, 1.54) is 11.8 Å². The van der Waals surface area contributed by atoms with E-state index in [9.17, 15) is 4.79 Å². The molecule has 0 bridgehead atoms. The number of hydrogen-bond acceptors (Lipinski definition) is 4. The van der Waals surface area contributed by atoms with Crippen molar-refractivity contribution in [2.75, 3.05) is 6.54 Å². The minimum absolute atomic E-state index is 0.221. The van der Waals surface area contributed by atoms with E-state index in [1.807, 2.05) is 25.1 Å². The maximum atomic E-state index is 11.9. The molecule has 2 rings (SSSR count). The van der Waals surface area contributed by atoms with Crippen molar-refractivity contribution in [1.29, 1.82) is 0 Å². The Kier molecular flexibility index (Phi) is 5.51. The summed E-state index contributed by atoms with van der Waals surface area (Å²) in [6.07, 6.45) is 3.90. The van der Waals surface area contributed by atoms with Crippen molar-refractivity contribution in [2.45, 2.75) is 32.2 Å². The lowest BCUT2D eigenvalue weighted by Crippen LogP contribution is -2.25. The lowest BCUT2D eigenvalue weighted by Gasteiger charge is -2.03. The van der Waals surface area contributed by atoms with Gasteiger partial charge in [0.1, 0.15) is 6.26 Å². The van der Waals surface area contributed by atoms with Gasteiger partial charge in [-0.3, -0.25) is 4.79 Å². The van der Waals surface area contributed by atoms with Gasteiger partial charge in [0.05, 0.1) is 6.04 Å². The van der Waals surface area contributed by atoms with E-state index < -0.39 is 0 Å².